The molecular formula is C34H35ClN4O6S. The van der Waals surface area contributed by atoms with Gasteiger partial charge >= 0.3 is 0 Å². The van der Waals surface area contributed by atoms with Crippen LogP contribution in [-0.2, 0) is 32.6 Å². The first-order valence-corrected chi connectivity index (χ1v) is 16.3. The zero-order valence-electron chi connectivity index (χ0n) is 25.7. The molecule has 0 aromatic heterocycles. The molecule has 0 saturated carbocycles. The number of nitro benzene ring substituents is 1. The van der Waals surface area contributed by atoms with Crippen molar-refractivity contribution in [3.8, 4) is 0 Å². The van der Waals surface area contributed by atoms with Gasteiger partial charge in [0.1, 0.15) is 12.6 Å². The first-order chi connectivity index (χ1) is 21.8. The second-order valence-corrected chi connectivity index (χ2v) is 13.9. The van der Waals surface area contributed by atoms with E-state index in [2.05, 4.69) is 5.32 Å². The number of carbonyl (C=O) groups excluding carboxylic acids is 2. The summed E-state index contributed by atoms with van der Waals surface area (Å²) in [5.74, 6) is -1.15. The molecular weight excluding hydrogens is 628 g/mol. The van der Waals surface area contributed by atoms with Crippen molar-refractivity contribution in [3.05, 3.63) is 135 Å². The number of nitrogens with one attached hydrogen (secondary N) is 1. The molecule has 0 bridgehead atoms. The smallest absolute Gasteiger partial charge is 0.271 e. The quantitative estimate of drug-likeness (QED) is 0.146. The van der Waals surface area contributed by atoms with Gasteiger partial charge < -0.3 is 10.2 Å². The van der Waals surface area contributed by atoms with Gasteiger partial charge in [-0.25, -0.2) is 8.42 Å². The Hall–Kier alpha value is -4.74. The lowest BCUT2D eigenvalue weighted by atomic mass is 10.0. The van der Waals surface area contributed by atoms with E-state index in [0.29, 0.717) is 10.6 Å². The Bertz CT molecular complexity index is 1800. The number of nitrogens with zero attached hydrogens (tertiary/aromatic N) is 3. The zero-order chi connectivity index (χ0) is 33.5. The summed E-state index contributed by atoms with van der Waals surface area (Å²) >= 11 is 6.52. The molecule has 0 radical (unpaired) electrons. The molecule has 0 saturated heterocycles. The van der Waals surface area contributed by atoms with Crippen LogP contribution in [0.3, 0.4) is 0 Å². The Morgan fingerprint density at radius 3 is 2.11 bits per heavy atom. The molecule has 0 aliphatic heterocycles. The van der Waals surface area contributed by atoms with Crippen molar-refractivity contribution < 1.29 is 22.9 Å². The zero-order valence-corrected chi connectivity index (χ0v) is 27.2. The molecule has 0 fully saturated rings. The molecule has 0 spiro atoms. The third kappa shape index (κ3) is 8.70. The number of anilines is 1. The molecule has 0 heterocycles. The van der Waals surface area contributed by atoms with Crippen molar-refractivity contribution in [2.45, 2.75) is 50.2 Å². The summed E-state index contributed by atoms with van der Waals surface area (Å²) in [6.07, 6.45) is 0.126. The van der Waals surface area contributed by atoms with Crippen LogP contribution in [0.15, 0.2) is 114 Å². The van der Waals surface area contributed by atoms with Crippen LogP contribution in [0.5, 0.6) is 0 Å². The van der Waals surface area contributed by atoms with Crippen molar-refractivity contribution >= 4 is 44.8 Å². The van der Waals surface area contributed by atoms with Gasteiger partial charge in [0.05, 0.1) is 15.5 Å². The number of benzene rings is 4. The van der Waals surface area contributed by atoms with Crippen molar-refractivity contribution in [2.24, 2.45) is 0 Å². The van der Waals surface area contributed by atoms with Crippen molar-refractivity contribution in [1.82, 2.24) is 10.2 Å². The van der Waals surface area contributed by atoms with Gasteiger partial charge in [0.2, 0.25) is 11.8 Å². The summed E-state index contributed by atoms with van der Waals surface area (Å²) < 4.78 is 28.9. The van der Waals surface area contributed by atoms with Gasteiger partial charge in [-0.3, -0.25) is 24.0 Å². The van der Waals surface area contributed by atoms with Gasteiger partial charge in [-0.15, -0.1) is 0 Å². The van der Waals surface area contributed by atoms with Crippen molar-refractivity contribution in [2.75, 3.05) is 10.8 Å². The number of nitro groups is 1. The fourth-order valence-electron chi connectivity index (χ4n) is 4.83. The van der Waals surface area contributed by atoms with Crippen molar-refractivity contribution in [3.63, 3.8) is 0 Å². The summed E-state index contributed by atoms with van der Waals surface area (Å²) in [7, 11) is -4.40. The number of rotatable bonds is 12. The van der Waals surface area contributed by atoms with Gasteiger partial charge in [-0.2, -0.15) is 0 Å². The van der Waals surface area contributed by atoms with Crippen LogP contribution >= 0.6 is 11.6 Å². The fraction of sp³-hybridized carbons (Fsp3) is 0.235. The van der Waals surface area contributed by atoms with Crippen LogP contribution in [0, 0.1) is 10.1 Å². The summed E-state index contributed by atoms with van der Waals surface area (Å²) in [4.78, 5) is 40.6. The predicted molar refractivity (Wildman–Crippen MR) is 178 cm³/mol. The predicted octanol–water partition coefficient (Wildman–Crippen LogP) is 6.00. The number of carbonyl (C=O) groups is 2. The van der Waals surface area contributed by atoms with Crippen LogP contribution in [0.2, 0.25) is 5.02 Å². The van der Waals surface area contributed by atoms with E-state index in [-0.39, 0.29) is 29.2 Å². The lowest BCUT2D eigenvalue weighted by Crippen LogP contribution is -2.56. The minimum atomic E-state index is -4.40. The van der Waals surface area contributed by atoms with Crippen LogP contribution in [0.25, 0.3) is 0 Å². The molecule has 0 aliphatic rings. The highest BCUT2D eigenvalue weighted by atomic mass is 35.5. The molecule has 4 rings (SSSR count). The molecule has 1 atom stereocenters. The molecule has 1 N–H and O–H groups in total. The largest absolute Gasteiger partial charge is 0.350 e. The Morgan fingerprint density at radius 2 is 1.50 bits per heavy atom. The minimum absolute atomic E-state index is 0.0807. The molecule has 10 nitrogen and oxygen atoms in total. The van der Waals surface area contributed by atoms with Gasteiger partial charge in [-0.05, 0) is 56.2 Å². The maximum atomic E-state index is 14.5. The lowest BCUT2D eigenvalue weighted by molar-refractivity contribution is -0.384. The topological polar surface area (TPSA) is 130 Å². The van der Waals surface area contributed by atoms with Crippen molar-refractivity contribution in [1.29, 1.82) is 0 Å². The first-order valence-electron chi connectivity index (χ1n) is 14.5. The SMILES string of the molecule is CC(C)(C)NC(=O)[C@H](Cc1ccccc1)N(Cc1ccccc1Cl)C(=O)CN(c1cccc([N+](=O)[O-])c1)S(=O)(=O)c1ccccc1. The molecule has 46 heavy (non-hydrogen) atoms. The highest BCUT2D eigenvalue weighted by Crippen LogP contribution is 2.28. The Balaban J connectivity index is 1.85. The maximum Gasteiger partial charge on any atom is 0.271 e. The highest BCUT2D eigenvalue weighted by Gasteiger charge is 2.36. The van der Waals surface area contributed by atoms with E-state index in [9.17, 15) is 28.1 Å². The molecule has 0 aliphatic carbocycles. The van der Waals surface area contributed by atoms with Crippen LogP contribution < -0.4 is 9.62 Å². The molecule has 0 unspecified atom stereocenters. The van der Waals surface area contributed by atoms with Crippen LogP contribution in [-0.4, -0.2) is 48.2 Å². The fourth-order valence-corrected chi connectivity index (χ4v) is 6.45. The molecule has 2 amide bonds. The normalized spacial score (nSPS) is 12.2. The summed E-state index contributed by atoms with van der Waals surface area (Å²) in [6.45, 7) is 4.60. The monoisotopic (exact) mass is 662 g/mol. The van der Waals surface area contributed by atoms with E-state index in [1.165, 1.54) is 47.4 Å². The lowest BCUT2D eigenvalue weighted by Gasteiger charge is -2.35. The number of amides is 2. The Kier molecular flexibility index (Phi) is 10.8. The van der Waals surface area contributed by atoms with Gasteiger partial charge in [0.15, 0.2) is 0 Å². The van der Waals surface area contributed by atoms with E-state index in [4.69, 9.17) is 11.6 Å². The van der Waals surface area contributed by atoms with E-state index in [1.807, 2.05) is 51.1 Å². The Labute approximate surface area is 273 Å². The third-order valence-electron chi connectivity index (χ3n) is 7.01. The summed E-state index contributed by atoms with van der Waals surface area (Å²) in [5.41, 5.74) is 0.255. The highest BCUT2D eigenvalue weighted by molar-refractivity contribution is 7.92. The number of non-ortho nitro benzene ring substituents is 1. The van der Waals surface area contributed by atoms with Crippen LogP contribution in [0.1, 0.15) is 31.9 Å². The van der Waals surface area contributed by atoms with Gasteiger partial charge in [-0.1, -0.05) is 84.4 Å². The number of sulfonamides is 1. The maximum absolute atomic E-state index is 14.5. The van der Waals surface area contributed by atoms with E-state index in [1.54, 1.807) is 30.3 Å². The van der Waals surface area contributed by atoms with E-state index < -0.39 is 44.9 Å². The molecule has 12 heteroatoms. The first kappa shape index (κ1) is 34.1. The Morgan fingerprint density at radius 1 is 0.891 bits per heavy atom. The second kappa shape index (κ2) is 14.6. The number of hydrogen-bond acceptors (Lipinski definition) is 6. The average molecular weight is 663 g/mol. The second-order valence-electron chi connectivity index (χ2n) is 11.7. The molecule has 4 aromatic carbocycles. The third-order valence-corrected chi connectivity index (χ3v) is 9.16. The standard InChI is InChI=1S/C34H35ClN4O6S/c1-34(2,3)36-33(41)31(21-25-13-6-4-7-14-25)37(23-26-15-10-11-20-30(26)35)32(40)24-38(27-16-12-17-28(22-27)39(42)43)46(44,45)29-18-8-5-9-19-29/h4-20,22,31H,21,23-24H2,1-3H3,(H,36,41)/t31-/m0/s1. The van der Waals surface area contributed by atoms with Gasteiger partial charge in [0, 0.05) is 35.7 Å². The number of hydrogen-bond donors (Lipinski definition) is 1. The van der Waals surface area contributed by atoms with E-state index >= 15 is 0 Å². The van der Waals surface area contributed by atoms with E-state index in [0.717, 1.165) is 15.9 Å². The summed E-state index contributed by atoms with van der Waals surface area (Å²) in [6, 6.07) is 27.5. The number of halogens is 1. The summed E-state index contributed by atoms with van der Waals surface area (Å²) in [5, 5.41) is 14.9. The molecule has 240 valence electrons. The molecule has 4 aromatic rings. The van der Waals surface area contributed by atoms with Crippen LogP contribution in [0.4, 0.5) is 11.4 Å². The van der Waals surface area contributed by atoms with Gasteiger partial charge in [0.25, 0.3) is 15.7 Å². The average Bonchev–Trinajstić information content (AvgIpc) is 3.02. The minimum Gasteiger partial charge on any atom is -0.350 e.